The molecule has 0 aromatic heterocycles. The third-order valence-electron chi connectivity index (χ3n) is 3.44. The first-order valence-electron chi connectivity index (χ1n) is 7.03. The van der Waals surface area contributed by atoms with E-state index in [9.17, 15) is 4.79 Å². The summed E-state index contributed by atoms with van der Waals surface area (Å²) in [6, 6.07) is 15.8. The second-order valence-electron chi connectivity index (χ2n) is 5.02. The van der Waals surface area contributed by atoms with E-state index in [4.69, 9.17) is 4.74 Å². The summed E-state index contributed by atoms with van der Waals surface area (Å²) in [5.74, 6) is 0.322. The maximum atomic E-state index is 11.9. The number of thioether (sulfide) groups is 1. The van der Waals surface area contributed by atoms with Crippen LogP contribution in [0.15, 0.2) is 58.5 Å². The maximum absolute atomic E-state index is 11.9. The first kappa shape index (κ1) is 16.3. The van der Waals surface area contributed by atoms with Gasteiger partial charge in [0.15, 0.2) is 0 Å². The van der Waals surface area contributed by atoms with Crippen molar-refractivity contribution in [3.63, 3.8) is 0 Å². The quantitative estimate of drug-likeness (QED) is 0.532. The van der Waals surface area contributed by atoms with E-state index in [2.05, 4.69) is 27.7 Å². The molecule has 1 heterocycles. The molecule has 0 saturated heterocycles. The van der Waals surface area contributed by atoms with Gasteiger partial charge in [0.2, 0.25) is 18.0 Å². The van der Waals surface area contributed by atoms with Crippen molar-refractivity contribution < 1.29 is 9.53 Å². The fourth-order valence-corrected chi connectivity index (χ4v) is 3.24. The number of benzene rings is 2. The maximum Gasteiger partial charge on any atom is 0.243 e. The van der Waals surface area contributed by atoms with Crippen LogP contribution < -0.4 is 0 Å². The van der Waals surface area contributed by atoms with Gasteiger partial charge in [0, 0.05) is 26.5 Å². The molecule has 1 amide bonds. The van der Waals surface area contributed by atoms with Crippen molar-refractivity contribution >= 4 is 46.2 Å². The molecule has 1 aliphatic rings. The number of hydrazone groups is 1. The Morgan fingerprint density at radius 3 is 2.61 bits per heavy atom. The molecule has 0 saturated carbocycles. The van der Waals surface area contributed by atoms with Gasteiger partial charge in [-0.25, -0.2) is 0 Å². The van der Waals surface area contributed by atoms with Gasteiger partial charge in [-0.2, -0.15) is 5.01 Å². The molecule has 1 aliphatic heterocycles. The summed E-state index contributed by atoms with van der Waals surface area (Å²) in [5.41, 5.74) is 1.77. The SMILES string of the molecule is CSc1ccc([C@@H]2OC(c3cccc(I)c3)=NN2C(C)=O)cc1. The summed E-state index contributed by atoms with van der Waals surface area (Å²) in [6.45, 7) is 1.49. The lowest BCUT2D eigenvalue weighted by Crippen LogP contribution is -2.25. The first-order chi connectivity index (χ1) is 11.1. The molecule has 0 aliphatic carbocycles. The standard InChI is InChI=1S/C17H15IN2O2S/c1-11(21)20-17(12-6-8-15(23-2)9-7-12)22-16(19-20)13-4-3-5-14(18)10-13/h3-10,17H,1-2H3/t17-/m0/s1. The van der Waals surface area contributed by atoms with Crippen molar-refractivity contribution in [1.29, 1.82) is 0 Å². The summed E-state index contributed by atoms with van der Waals surface area (Å²) >= 11 is 3.92. The third-order valence-corrected chi connectivity index (χ3v) is 4.85. The second kappa shape index (κ2) is 6.92. The molecule has 4 nitrogen and oxygen atoms in total. The van der Waals surface area contributed by atoms with Crippen LogP contribution in [-0.2, 0) is 9.53 Å². The lowest BCUT2D eigenvalue weighted by atomic mass is 10.2. The number of nitrogens with zero attached hydrogens (tertiary/aromatic N) is 2. The Morgan fingerprint density at radius 1 is 1.26 bits per heavy atom. The Balaban J connectivity index is 1.92. The van der Waals surface area contributed by atoms with E-state index in [0.29, 0.717) is 5.90 Å². The molecule has 0 fully saturated rings. The minimum atomic E-state index is -0.517. The highest BCUT2D eigenvalue weighted by atomic mass is 127. The lowest BCUT2D eigenvalue weighted by Gasteiger charge is -2.19. The third kappa shape index (κ3) is 3.53. The van der Waals surface area contributed by atoms with Gasteiger partial charge in [-0.3, -0.25) is 4.79 Å². The average molecular weight is 438 g/mol. The number of carbonyl (C=O) groups excluding carboxylic acids is 1. The van der Waals surface area contributed by atoms with Gasteiger partial charge in [-0.1, -0.05) is 18.2 Å². The Kier molecular flexibility index (Phi) is 4.91. The van der Waals surface area contributed by atoms with Crippen LogP contribution in [0.2, 0.25) is 0 Å². The molecule has 2 aromatic rings. The molecule has 2 aromatic carbocycles. The van der Waals surface area contributed by atoms with Gasteiger partial charge >= 0.3 is 0 Å². The lowest BCUT2D eigenvalue weighted by molar-refractivity contribution is -0.135. The average Bonchev–Trinajstić information content (AvgIpc) is 3.00. The number of carbonyl (C=O) groups is 1. The molecule has 0 spiro atoms. The normalized spacial score (nSPS) is 16.9. The molecule has 3 rings (SSSR count). The van der Waals surface area contributed by atoms with Crippen LogP contribution in [-0.4, -0.2) is 23.1 Å². The van der Waals surface area contributed by atoms with Crippen molar-refractivity contribution in [3.8, 4) is 0 Å². The van der Waals surface area contributed by atoms with Gasteiger partial charge in [0.25, 0.3) is 0 Å². The van der Waals surface area contributed by atoms with E-state index >= 15 is 0 Å². The van der Waals surface area contributed by atoms with Crippen molar-refractivity contribution in [2.45, 2.75) is 18.0 Å². The molecule has 118 valence electrons. The Morgan fingerprint density at radius 2 is 2.00 bits per heavy atom. The van der Waals surface area contributed by atoms with Gasteiger partial charge in [0.05, 0.1) is 0 Å². The highest BCUT2D eigenvalue weighted by Gasteiger charge is 2.33. The molecule has 0 bridgehead atoms. The van der Waals surface area contributed by atoms with Gasteiger partial charge in [0.1, 0.15) is 0 Å². The fraction of sp³-hybridized carbons (Fsp3) is 0.176. The molecule has 0 radical (unpaired) electrons. The molecule has 1 atom stereocenters. The zero-order chi connectivity index (χ0) is 16.4. The molecular formula is C17H15IN2O2S. The summed E-state index contributed by atoms with van der Waals surface area (Å²) < 4.78 is 7.07. The van der Waals surface area contributed by atoms with E-state index < -0.39 is 6.23 Å². The van der Waals surface area contributed by atoms with E-state index in [0.717, 1.165) is 14.7 Å². The molecular weight excluding hydrogens is 423 g/mol. The largest absolute Gasteiger partial charge is 0.446 e. The van der Waals surface area contributed by atoms with Crippen molar-refractivity contribution in [1.82, 2.24) is 5.01 Å². The number of ether oxygens (including phenoxy) is 1. The highest BCUT2D eigenvalue weighted by molar-refractivity contribution is 14.1. The molecule has 0 N–H and O–H groups in total. The number of rotatable bonds is 3. The van der Waals surface area contributed by atoms with E-state index in [1.165, 1.54) is 16.8 Å². The predicted molar refractivity (Wildman–Crippen MR) is 100 cm³/mol. The zero-order valence-electron chi connectivity index (χ0n) is 12.7. The van der Waals surface area contributed by atoms with Gasteiger partial charge in [-0.15, -0.1) is 16.9 Å². The second-order valence-corrected chi connectivity index (χ2v) is 7.15. The van der Waals surface area contributed by atoms with Crippen LogP contribution in [0.4, 0.5) is 0 Å². The molecule has 23 heavy (non-hydrogen) atoms. The van der Waals surface area contributed by atoms with Gasteiger partial charge < -0.3 is 4.74 Å². The summed E-state index contributed by atoms with van der Waals surface area (Å²) in [6.07, 6.45) is 1.51. The van der Waals surface area contributed by atoms with E-state index in [1.807, 2.05) is 54.8 Å². The van der Waals surface area contributed by atoms with Crippen LogP contribution in [0.5, 0.6) is 0 Å². The minimum absolute atomic E-state index is 0.149. The molecule has 6 heteroatoms. The van der Waals surface area contributed by atoms with Crippen molar-refractivity contribution in [2.75, 3.05) is 6.26 Å². The van der Waals surface area contributed by atoms with Gasteiger partial charge in [-0.05, 0) is 59.2 Å². The fourth-order valence-electron chi connectivity index (χ4n) is 2.29. The Bertz CT molecular complexity index is 761. The zero-order valence-corrected chi connectivity index (χ0v) is 15.7. The summed E-state index contributed by atoms with van der Waals surface area (Å²) in [5, 5.41) is 5.76. The minimum Gasteiger partial charge on any atom is -0.446 e. The smallest absolute Gasteiger partial charge is 0.243 e. The summed E-state index contributed by atoms with van der Waals surface area (Å²) in [4.78, 5) is 13.1. The monoisotopic (exact) mass is 438 g/mol. The number of amides is 1. The van der Waals surface area contributed by atoms with Crippen LogP contribution in [0.3, 0.4) is 0 Å². The van der Waals surface area contributed by atoms with Crippen molar-refractivity contribution in [2.24, 2.45) is 5.10 Å². The van der Waals surface area contributed by atoms with E-state index in [-0.39, 0.29) is 5.91 Å². The van der Waals surface area contributed by atoms with E-state index in [1.54, 1.807) is 11.8 Å². The summed E-state index contributed by atoms with van der Waals surface area (Å²) in [7, 11) is 0. The Labute approximate surface area is 153 Å². The first-order valence-corrected chi connectivity index (χ1v) is 9.34. The van der Waals surface area contributed by atoms with Crippen molar-refractivity contribution in [3.05, 3.63) is 63.2 Å². The number of hydrogen-bond acceptors (Lipinski definition) is 4. The Hall–Kier alpha value is -1.54. The van der Waals surface area contributed by atoms with Crippen LogP contribution >= 0.6 is 34.4 Å². The number of hydrogen-bond donors (Lipinski definition) is 0. The topological polar surface area (TPSA) is 41.9 Å². The molecule has 0 unspecified atom stereocenters. The highest BCUT2D eigenvalue weighted by Crippen LogP contribution is 2.31. The van der Waals surface area contributed by atoms with Crippen LogP contribution in [0.25, 0.3) is 0 Å². The van der Waals surface area contributed by atoms with Crippen LogP contribution in [0.1, 0.15) is 24.3 Å². The predicted octanol–water partition coefficient (Wildman–Crippen LogP) is 4.25. The van der Waals surface area contributed by atoms with Crippen LogP contribution in [0, 0.1) is 3.57 Å². The number of halogens is 1.